The van der Waals surface area contributed by atoms with E-state index in [9.17, 15) is 4.79 Å². The van der Waals surface area contributed by atoms with Crippen LogP contribution in [-0.4, -0.2) is 12.5 Å². The van der Waals surface area contributed by atoms with Gasteiger partial charge in [0, 0.05) is 23.1 Å². The number of nitrogens with one attached hydrogen (secondary N) is 1. The van der Waals surface area contributed by atoms with Gasteiger partial charge in [-0.25, -0.2) is 0 Å². The fraction of sp³-hybridized carbons (Fsp3) is 0.562. The number of carbonyl (C=O) groups is 1. The maximum Gasteiger partial charge on any atom is 0.230 e. The van der Waals surface area contributed by atoms with Gasteiger partial charge in [-0.05, 0) is 24.1 Å². The number of rotatable bonds is 5. The van der Waals surface area contributed by atoms with Crippen molar-refractivity contribution in [1.82, 2.24) is 0 Å². The van der Waals surface area contributed by atoms with E-state index >= 15 is 0 Å². The zero-order valence-electron chi connectivity index (χ0n) is 12.7. The average molecular weight is 262 g/mol. The summed E-state index contributed by atoms with van der Waals surface area (Å²) < 4.78 is 0. The van der Waals surface area contributed by atoms with Crippen LogP contribution in [0.5, 0.6) is 0 Å². The van der Waals surface area contributed by atoms with E-state index in [-0.39, 0.29) is 16.7 Å². The molecule has 3 heteroatoms. The first-order chi connectivity index (χ1) is 8.73. The third-order valence-corrected chi connectivity index (χ3v) is 3.93. The number of carbonyl (C=O) groups excluding carboxylic acids is 1. The molecule has 0 unspecified atom stereocenters. The van der Waals surface area contributed by atoms with Crippen molar-refractivity contribution in [2.45, 2.75) is 46.5 Å². The van der Waals surface area contributed by atoms with E-state index in [1.807, 2.05) is 45.0 Å². The first-order valence-electron chi connectivity index (χ1n) is 6.85. The normalized spacial score (nSPS) is 12.3. The maximum atomic E-state index is 12.1. The summed E-state index contributed by atoms with van der Waals surface area (Å²) in [6.07, 6.45) is 0.817. The highest BCUT2D eigenvalue weighted by atomic mass is 16.2. The largest absolute Gasteiger partial charge is 0.330 e. The Morgan fingerprint density at radius 1 is 1.16 bits per heavy atom. The van der Waals surface area contributed by atoms with Gasteiger partial charge >= 0.3 is 0 Å². The molecule has 19 heavy (non-hydrogen) atoms. The summed E-state index contributed by atoms with van der Waals surface area (Å²) in [4.78, 5) is 12.1. The summed E-state index contributed by atoms with van der Waals surface area (Å²) in [5.74, 6) is 0.0563. The first-order valence-corrected chi connectivity index (χ1v) is 6.85. The second-order valence-corrected chi connectivity index (χ2v) is 6.36. The van der Waals surface area contributed by atoms with Gasteiger partial charge in [-0.2, -0.15) is 0 Å². The highest BCUT2D eigenvalue weighted by Gasteiger charge is 2.25. The van der Waals surface area contributed by atoms with Crippen LogP contribution in [0.1, 0.15) is 46.6 Å². The summed E-state index contributed by atoms with van der Waals surface area (Å²) in [5.41, 5.74) is 7.41. The van der Waals surface area contributed by atoms with Crippen molar-refractivity contribution >= 4 is 11.6 Å². The lowest BCUT2D eigenvalue weighted by Gasteiger charge is -2.24. The molecule has 1 amide bonds. The van der Waals surface area contributed by atoms with Crippen LogP contribution in [0.3, 0.4) is 0 Å². The second kappa shape index (κ2) is 5.74. The van der Waals surface area contributed by atoms with E-state index < -0.39 is 0 Å². The molecule has 0 aliphatic carbocycles. The smallest absolute Gasteiger partial charge is 0.230 e. The fourth-order valence-corrected chi connectivity index (χ4v) is 1.58. The Labute approximate surface area is 116 Å². The Hall–Kier alpha value is -1.35. The summed E-state index contributed by atoms with van der Waals surface area (Å²) in [6.45, 7) is 10.7. The summed E-state index contributed by atoms with van der Waals surface area (Å²) >= 11 is 0. The Morgan fingerprint density at radius 3 is 2.11 bits per heavy atom. The van der Waals surface area contributed by atoms with Crippen LogP contribution in [-0.2, 0) is 10.2 Å². The molecule has 0 heterocycles. The third-order valence-electron chi connectivity index (χ3n) is 3.93. The third kappa shape index (κ3) is 3.80. The first kappa shape index (κ1) is 15.7. The molecule has 1 rings (SSSR count). The lowest BCUT2D eigenvalue weighted by atomic mass is 9.85. The summed E-state index contributed by atoms with van der Waals surface area (Å²) in [6, 6.07) is 7.94. The van der Waals surface area contributed by atoms with Gasteiger partial charge in [-0.15, -0.1) is 0 Å². The molecule has 0 aliphatic heterocycles. The zero-order chi connectivity index (χ0) is 14.7. The Balaban J connectivity index is 2.81. The van der Waals surface area contributed by atoms with Gasteiger partial charge in [-0.3, -0.25) is 4.79 Å². The van der Waals surface area contributed by atoms with Crippen LogP contribution in [0.15, 0.2) is 24.3 Å². The molecule has 0 spiro atoms. The molecule has 0 aliphatic rings. The van der Waals surface area contributed by atoms with E-state index in [1.54, 1.807) is 0 Å². The molecule has 0 bridgehead atoms. The van der Waals surface area contributed by atoms with E-state index in [2.05, 4.69) is 19.2 Å². The van der Waals surface area contributed by atoms with E-state index in [0.29, 0.717) is 6.54 Å². The molecule has 3 N–H and O–H groups in total. The predicted molar refractivity (Wildman–Crippen MR) is 81.2 cm³/mol. The van der Waals surface area contributed by atoms with Crippen LogP contribution in [0.2, 0.25) is 0 Å². The van der Waals surface area contributed by atoms with Gasteiger partial charge in [0.2, 0.25) is 5.91 Å². The van der Waals surface area contributed by atoms with Gasteiger partial charge in [0.25, 0.3) is 0 Å². The zero-order valence-corrected chi connectivity index (χ0v) is 12.7. The number of hydrogen-bond donors (Lipinski definition) is 2. The SMILES string of the molecule is CCC(C)(C)C(=O)Nc1ccc(C(C)(C)CN)cc1. The van der Waals surface area contributed by atoms with Crippen LogP contribution in [0.4, 0.5) is 5.69 Å². The van der Waals surface area contributed by atoms with Crippen molar-refractivity contribution in [3.05, 3.63) is 29.8 Å². The molecule has 0 atom stereocenters. The number of hydrogen-bond acceptors (Lipinski definition) is 2. The molecule has 0 saturated heterocycles. The standard InChI is InChI=1S/C16H26N2O/c1-6-15(2,3)14(19)18-13-9-7-12(8-10-13)16(4,5)11-17/h7-10H,6,11,17H2,1-5H3,(H,18,19). The van der Waals surface area contributed by atoms with Crippen LogP contribution in [0.25, 0.3) is 0 Å². The molecule has 0 fully saturated rings. The second-order valence-electron chi connectivity index (χ2n) is 6.36. The fourth-order valence-electron chi connectivity index (χ4n) is 1.58. The lowest BCUT2D eigenvalue weighted by molar-refractivity contribution is -0.124. The number of benzene rings is 1. The molecular weight excluding hydrogens is 236 g/mol. The topological polar surface area (TPSA) is 55.1 Å². The molecule has 106 valence electrons. The van der Waals surface area contributed by atoms with Crippen LogP contribution < -0.4 is 11.1 Å². The quantitative estimate of drug-likeness (QED) is 0.855. The van der Waals surface area contributed by atoms with Gasteiger partial charge < -0.3 is 11.1 Å². The van der Waals surface area contributed by atoms with Crippen LogP contribution in [0, 0.1) is 5.41 Å². The van der Waals surface area contributed by atoms with Crippen molar-refractivity contribution in [3.63, 3.8) is 0 Å². The Morgan fingerprint density at radius 2 is 1.68 bits per heavy atom. The molecule has 0 radical (unpaired) electrons. The van der Waals surface area contributed by atoms with E-state index in [0.717, 1.165) is 12.1 Å². The van der Waals surface area contributed by atoms with Crippen molar-refractivity contribution in [1.29, 1.82) is 0 Å². The maximum absolute atomic E-state index is 12.1. The molecule has 0 aromatic heterocycles. The minimum Gasteiger partial charge on any atom is -0.330 e. The van der Waals surface area contributed by atoms with Crippen molar-refractivity contribution in [2.24, 2.45) is 11.1 Å². The van der Waals surface area contributed by atoms with Crippen LogP contribution >= 0.6 is 0 Å². The van der Waals surface area contributed by atoms with Gasteiger partial charge in [0.15, 0.2) is 0 Å². The van der Waals surface area contributed by atoms with Gasteiger partial charge in [0.1, 0.15) is 0 Å². The predicted octanol–water partition coefficient (Wildman–Crippen LogP) is 3.30. The molecular formula is C16H26N2O. The van der Waals surface area contributed by atoms with Gasteiger partial charge in [0.05, 0.1) is 0 Å². The highest BCUT2D eigenvalue weighted by molar-refractivity contribution is 5.94. The molecule has 0 saturated carbocycles. The Bertz CT molecular complexity index is 433. The van der Waals surface area contributed by atoms with E-state index in [4.69, 9.17) is 5.73 Å². The number of nitrogens with two attached hydrogens (primary N) is 1. The average Bonchev–Trinajstić information content (AvgIpc) is 2.39. The van der Waals surface area contributed by atoms with Crippen molar-refractivity contribution in [3.8, 4) is 0 Å². The summed E-state index contributed by atoms with van der Waals surface area (Å²) in [7, 11) is 0. The molecule has 1 aromatic rings. The minimum absolute atomic E-state index is 0.0365. The molecule has 1 aromatic carbocycles. The molecule has 3 nitrogen and oxygen atoms in total. The highest BCUT2D eigenvalue weighted by Crippen LogP contribution is 2.25. The lowest BCUT2D eigenvalue weighted by Crippen LogP contribution is -2.30. The van der Waals surface area contributed by atoms with Crippen molar-refractivity contribution < 1.29 is 4.79 Å². The number of anilines is 1. The Kier molecular flexibility index (Phi) is 4.75. The minimum atomic E-state index is -0.338. The number of amides is 1. The summed E-state index contributed by atoms with van der Waals surface area (Å²) in [5, 5.41) is 2.96. The van der Waals surface area contributed by atoms with Crippen molar-refractivity contribution in [2.75, 3.05) is 11.9 Å². The monoisotopic (exact) mass is 262 g/mol. The van der Waals surface area contributed by atoms with E-state index in [1.165, 1.54) is 5.56 Å². The van der Waals surface area contributed by atoms with Gasteiger partial charge in [-0.1, -0.05) is 46.8 Å².